The van der Waals surface area contributed by atoms with Gasteiger partial charge in [-0.15, -0.1) is 0 Å². The monoisotopic (exact) mass is 403 g/mol. The zero-order valence-corrected chi connectivity index (χ0v) is 17.8. The average Bonchev–Trinajstić information content (AvgIpc) is 2.57. The van der Waals surface area contributed by atoms with Gasteiger partial charge in [-0.2, -0.15) is 12.6 Å². The highest BCUT2D eigenvalue weighted by molar-refractivity contribution is 7.81. The van der Waals surface area contributed by atoms with Crippen molar-refractivity contribution >= 4 is 36.3 Å². The summed E-state index contributed by atoms with van der Waals surface area (Å²) < 4.78 is 4.78. The molecule has 0 aliphatic rings. The van der Waals surface area contributed by atoms with Crippen LogP contribution in [0.3, 0.4) is 0 Å². The molecule has 3 amide bonds. The average molecular weight is 404 g/mol. The van der Waals surface area contributed by atoms with Crippen LogP contribution in [0.15, 0.2) is 0 Å². The summed E-state index contributed by atoms with van der Waals surface area (Å²) in [7, 11) is 0. The highest BCUT2D eigenvalue weighted by Crippen LogP contribution is 2.19. The zero-order valence-electron chi connectivity index (χ0n) is 16.9. The van der Waals surface area contributed by atoms with Crippen molar-refractivity contribution in [3.05, 3.63) is 0 Å². The molecule has 9 heteroatoms. The Morgan fingerprint density at radius 1 is 1.07 bits per heavy atom. The summed E-state index contributed by atoms with van der Waals surface area (Å²) >= 11 is 4.31. The van der Waals surface area contributed by atoms with Gasteiger partial charge >= 0.3 is 5.97 Å². The molecule has 0 radical (unpaired) electrons. The number of nitrogens with zero attached hydrogens (tertiary/aromatic N) is 1. The maximum atomic E-state index is 12.8. The van der Waals surface area contributed by atoms with Crippen LogP contribution in [-0.4, -0.2) is 59.6 Å². The molecule has 2 atom stereocenters. The molecule has 0 fully saturated rings. The van der Waals surface area contributed by atoms with Gasteiger partial charge in [-0.25, -0.2) is 0 Å². The van der Waals surface area contributed by atoms with E-state index in [4.69, 9.17) is 10.5 Å². The first kappa shape index (κ1) is 25.4. The number of carbonyl (C=O) groups excluding carboxylic acids is 4. The molecule has 0 saturated carbocycles. The molecule has 1 unspecified atom stereocenters. The number of esters is 1. The van der Waals surface area contributed by atoms with E-state index in [1.807, 2.05) is 27.7 Å². The van der Waals surface area contributed by atoms with Crippen molar-refractivity contribution < 1.29 is 23.9 Å². The van der Waals surface area contributed by atoms with Gasteiger partial charge < -0.3 is 15.8 Å². The Morgan fingerprint density at radius 3 is 2.07 bits per heavy atom. The number of rotatable bonds is 11. The van der Waals surface area contributed by atoms with Gasteiger partial charge in [-0.05, 0) is 31.6 Å². The molecular formula is C18H33N3O5S. The Balaban J connectivity index is 5.55. The molecule has 0 spiro atoms. The topological polar surface area (TPSA) is 119 Å². The van der Waals surface area contributed by atoms with Gasteiger partial charge in [0.25, 0.3) is 0 Å². The van der Waals surface area contributed by atoms with Crippen molar-refractivity contribution in [2.45, 2.75) is 58.8 Å². The maximum Gasteiger partial charge on any atom is 0.325 e. The highest BCUT2D eigenvalue weighted by atomic mass is 32.1. The SMILES string of the molecule is CCOC(=O)CNC(=O)[C@H](CC(C)C)N(C(=O)CN)C(=O)C(S)CC(C)C. The number of hydrogen-bond acceptors (Lipinski definition) is 7. The number of carbonyl (C=O) groups is 4. The van der Waals surface area contributed by atoms with Crippen LogP contribution < -0.4 is 11.1 Å². The third-order valence-corrected chi connectivity index (χ3v) is 4.11. The van der Waals surface area contributed by atoms with Gasteiger partial charge in [0.15, 0.2) is 0 Å². The largest absolute Gasteiger partial charge is 0.465 e. The second-order valence-electron chi connectivity index (χ2n) is 7.12. The first-order valence-corrected chi connectivity index (χ1v) is 9.74. The summed E-state index contributed by atoms with van der Waals surface area (Å²) in [5.41, 5.74) is 5.47. The van der Waals surface area contributed by atoms with Crippen molar-refractivity contribution in [1.29, 1.82) is 0 Å². The summed E-state index contributed by atoms with van der Waals surface area (Å²) in [5.74, 6) is -2.19. The van der Waals surface area contributed by atoms with Gasteiger partial charge in [0.05, 0.1) is 18.4 Å². The van der Waals surface area contributed by atoms with Crippen LogP contribution in [0, 0.1) is 11.8 Å². The molecule has 0 aromatic carbocycles. The minimum Gasteiger partial charge on any atom is -0.465 e. The van der Waals surface area contributed by atoms with Crippen LogP contribution >= 0.6 is 12.6 Å². The van der Waals surface area contributed by atoms with Crippen molar-refractivity contribution in [2.24, 2.45) is 17.6 Å². The van der Waals surface area contributed by atoms with Crippen LogP contribution in [0.1, 0.15) is 47.5 Å². The summed E-state index contributed by atoms with van der Waals surface area (Å²) in [4.78, 5) is 50.3. The van der Waals surface area contributed by atoms with Crippen LogP contribution in [0.4, 0.5) is 0 Å². The first-order valence-electron chi connectivity index (χ1n) is 9.22. The standard InChI is InChI=1S/C18H33N3O5S/c1-6-26-16(23)10-20-17(24)13(7-11(2)3)21(15(22)9-19)18(25)14(27)8-12(4)5/h11-14,27H,6-10,19H2,1-5H3,(H,20,24)/t13-,14?/m0/s1. The summed E-state index contributed by atoms with van der Waals surface area (Å²) in [6.07, 6.45) is 0.698. The van der Waals surface area contributed by atoms with Gasteiger partial charge in [0, 0.05) is 0 Å². The second-order valence-corrected chi connectivity index (χ2v) is 7.74. The molecule has 0 aliphatic heterocycles. The predicted molar refractivity (Wildman–Crippen MR) is 106 cm³/mol. The minimum atomic E-state index is -1.07. The van der Waals surface area contributed by atoms with Gasteiger partial charge in [0.1, 0.15) is 12.6 Å². The number of amides is 3. The molecule has 8 nitrogen and oxygen atoms in total. The van der Waals surface area contributed by atoms with E-state index in [9.17, 15) is 19.2 Å². The zero-order chi connectivity index (χ0) is 21.1. The fourth-order valence-electron chi connectivity index (χ4n) is 2.52. The molecule has 3 N–H and O–H groups in total. The summed E-state index contributed by atoms with van der Waals surface area (Å²) in [6.45, 7) is 8.71. The molecule has 0 bridgehead atoms. The molecule has 0 aliphatic carbocycles. The van der Waals surface area contributed by atoms with Gasteiger partial charge in [0.2, 0.25) is 17.7 Å². The van der Waals surface area contributed by atoms with E-state index in [-0.39, 0.29) is 31.4 Å². The lowest BCUT2D eigenvalue weighted by Crippen LogP contribution is -2.56. The van der Waals surface area contributed by atoms with E-state index < -0.39 is 41.5 Å². The van der Waals surface area contributed by atoms with Crippen molar-refractivity contribution in [3.63, 3.8) is 0 Å². The summed E-state index contributed by atoms with van der Waals surface area (Å²) in [5, 5.41) is 1.71. The molecule has 0 saturated heterocycles. The van der Waals surface area contributed by atoms with E-state index in [2.05, 4.69) is 17.9 Å². The predicted octanol–water partition coefficient (Wildman–Crippen LogP) is 0.739. The van der Waals surface area contributed by atoms with E-state index in [1.54, 1.807) is 6.92 Å². The third kappa shape index (κ3) is 9.23. The number of nitrogens with one attached hydrogen (secondary N) is 1. The molecule has 27 heavy (non-hydrogen) atoms. The number of thiol groups is 1. The van der Waals surface area contributed by atoms with Crippen molar-refractivity contribution in [1.82, 2.24) is 10.2 Å². The second kappa shape index (κ2) is 12.7. The lowest BCUT2D eigenvalue weighted by atomic mass is 9.99. The maximum absolute atomic E-state index is 12.8. The van der Waals surface area contributed by atoms with E-state index in [1.165, 1.54) is 0 Å². The molecule has 0 heterocycles. The Labute approximate surface area is 167 Å². The fourth-order valence-corrected chi connectivity index (χ4v) is 3.07. The summed E-state index contributed by atoms with van der Waals surface area (Å²) in [6, 6.07) is -1.07. The molecular weight excluding hydrogens is 370 g/mol. The molecule has 0 aromatic rings. The minimum absolute atomic E-state index is 0.0210. The Hall–Kier alpha value is -1.61. The molecule has 156 valence electrons. The Bertz CT molecular complexity index is 525. The Kier molecular flexibility index (Phi) is 12.0. The lowest BCUT2D eigenvalue weighted by Gasteiger charge is -2.32. The van der Waals surface area contributed by atoms with E-state index in [0.717, 1.165) is 4.90 Å². The van der Waals surface area contributed by atoms with Crippen LogP contribution in [-0.2, 0) is 23.9 Å². The normalized spacial score (nSPS) is 13.2. The van der Waals surface area contributed by atoms with Crippen molar-refractivity contribution in [3.8, 4) is 0 Å². The Morgan fingerprint density at radius 2 is 1.63 bits per heavy atom. The highest BCUT2D eigenvalue weighted by Gasteiger charge is 2.37. The molecule has 0 rings (SSSR count). The quantitative estimate of drug-likeness (QED) is 0.346. The molecule has 0 aromatic heterocycles. The first-order chi connectivity index (χ1) is 12.5. The van der Waals surface area contributed by atoms with Crippen LogP contribution in [0.2, 0.25) is 0 Å². The van der Waals surface area contributed by atoms with E-state index >= 15 is 0 Å². The van der Waals surface area contributed by atoms with Gasteiger partial charge in [-0.3, -0.25) is 24.1 Å². The fraction of sp³-hybridized carbons (Fsp3) is 0.778. The smallest absolute Gasteiger partial charge is 0.325 e. The van der Waals surface area contributed by atoms with Crippen molar-refractivity contribution in [2.75, 3.05) is 19.7 Å². The third-order valence-electron chi connectivity index (χ3n) is 3.68. The van der Waals surface area contributed by atoms with E-state index in [0.29, 0.717) is 6.42 Å². The van der Waals surface area contributed by atoms with Gasteiger partial charge in [-0.1, -0.05) is 27.7 Å². The number of ether oxygens (including phenoxy) is 1. The van der Waals surface area contributed by atoms with Crippen LogP contribution in [0.5, 0.6) is 0 Å². The van der Waals surface area contributed by atoms with Crippen LogP contribution in [0.25, 0.3) is 0 Å². The number of hydrogen-bond donors (Lipinski definition) is 3. The lowest BCUT2D eigenvalue weighted by molar-refractivity contribution is -0.152. The number of nitrogens with two attached hydrogens (primary N) is 1. The number of imide groups is 1.